The molecule has 0 aliphatic rings. The largest absolute Gasteiger partial charge is 0.175 e. The molecule has 0 radical (unpaired) electrons. The normalized spacial score (nSPS) is 10.7. The lowest BCUT2D eigenvalue weighted by Gasteiger charge is -1.91. The van der Waals surface area contributed by atoms with Crippen LogP contribution in [-0.4, -0.2) is 0 Å². The molecule has 0 bridgehead atoms. The molecule has 0 spiro atoms. The van der Waals surface area contributed by atoms with E-state index in [2.05, 4.69) is 0 Å². The number of rotatable bonds is 2. The predicted molar refractivity (Wildman–Crippen MR) is 63.3 cm³/mol. The first-order valence-corrected chi connectivity index (χ1v) is 5.12. The van der Waals surface area contributed by atoms with Gasteiger partial charge >= 0.3 is 0 Å². The average molecular weight is 217 g/mol. The van der Waals surface area contributed by atoms with Gasteiger partial charge in [0.1, 0.15) is 0 Å². The zero-order valence-corrected chi connectivity index (χ0v) is 8.93. The van der Waals surface area contributed by atoms with E-state index in [0.29, 0.717) is 0 Å². The van der Waals surface area contributed by atoms with E-state index in [1.165, 1.54) is 0 Å². The van der Waals surface area contributed by atoms with Crippen molar-refractivity contribution in [2.75, 3.05) is 0 Å². The van der Waals surface area contributed by atoms with E-state index >= 15 is 0 Å². The van der Waals surface area contributed by atoms with Crippen molar-refractivity contribution < 1.29 is 4.57 Å². The molecule has 0 aliphatic heterocycles. The lowest BCUT2D eigenvalue weighted by atomic mass is 10.2. The van der Waals surface area contributed by atoms with Crippen molar-refractivity contribution in [2.45, 2.75) is 0 Å². The van der Waals surface area contributed by atoms with Gasteiger partial charge in [0.2, 0.25) is 0 Å². The Morgan fingerprint density at radius 1 is 0.933 bits per heavy atom. The fourth-order valence-corrected chi connectivity index (χ4v) is 1.38. The number of aromatic nitrogens is 1. The second-order valence-electron chi connectivity index (χ2n) is 3.19. The van der Waals surface area contributed by atoms with Crippen molar-refractivity contribution in [1.29, 1.82) is 0 Å². The molecule has 0 unspecified atom stereocenters. The van der Waals surface area contributed by atoms with Crippen LogP contribution in [0.3, 0.4) is 0 Å². The van der Waals surface area contributed by atoms with Crippen molar-refractivity contribution in [3.63, 3.8) is 0 Å². The number of halogens is 1. The third-order valence-electron chi connectivity index (χ3n) is 2.05. The fourth-order valence-electron chi connectivity index (χ4n) is 1.26. The molecule has 0 saturated heterocycles. The highest BCUT2D eigenvalue weighted by molar-refractivity contribution is 6.30. The van der Waals surface area contributed by atoms with Gasteiger partial charge in [0.05, 0.1) is 0 Å². The number of pyridine rings is 1. The summed E-state index contributed by atoms with van der Waals surface area (Å²) in [5.41, 5.74) is 1.13. The third-order valence-corrected chi connectivity index (χ3v) is 2.30. The van der Waals surface area contributed by atoms with Crippen LogP contribution in [0, 0.1) is 0 Å². The SMILES string of the molecule is Clc1ccc(/C=C\[n+]2ccccc2)cc1. The number of hydrogen-bond donors (Lipinski definition) is 0. The summed E-state index contributed by atoms with van der Waals surface area (Å²) < 4.78 is 1.99. The van der Waals surface area contributed by atoms with E-state index in [-0.39, 0.29) is 0 Å². The molecule has 2 aromatic rings. The van der Waals surface area contributed by atoms with Gasteiger partial charge in [0, 0.05) is 23.2 Å². The van der Waals surface area contributed by atoms with Gasteiger partial charge in [-0.3, -0.25) is 0 Å². The summed E-state index contributed by atoms with van der Waals surface area (Å²) in [7, 11) is 0. The zero-order chi connectivity index (χ0) is 10.5. The van der Waals surface area contributed by atoms with Gasteiger partial charge in [0.15, 0.2) is 18.6 Å². The number of benzene rings is 1. The second-order valence-corrected chi connectivity index (χ2v) is 3.63. The molecular formula is C13H11ClN+. The summed E-state index contributed by atoms with van der Waals surface area (Å²) in [6.07, 6.45) is 8.03. The van der Waals surface area contributed by atoms with Crippen molar-refractivity contribution >= 4 is 23.9 Å². The summed E-state index contributed by atoms with van der Waals surface area (Å²) in [5, 5.41) is 0.763. The molecule has 1 aromatic carbocycles. The Morgan fingerprint density at radius 3 is 2.27 bits per heavy atom. The molecule has 1 aromatic heterocycles. The molecule has 0 saturated carbocycles. The Morgan fingerprint density at radius 2 is 1.60 bits per heavy atom. The van der Waals surface area contributed by atoms with Crippen molar-refractivity contribution in [3.05, 3.63) is 65.4 Å². The van der Waals surface area contributed by atoms with E-state index in [0.717, 1.165) is 10.6 Å². The summed E-state index contributed by atoms with van der Waals surface area (Å²) in [5.74, 6) is 0. The first-order chi connectivity index (χ1) is 7.34. The molecular weight excluding hydrogens is 206 g/mol. The third kappa shape index (κ3) is 2.93. The number of hydrogen-bond acceptors (Lipinski definition) is 0. The Bertz CT molecular complexity index is 446. The molecule has 74 valence electrons. The lowest BCUT2D eigenvalue weighted by molar-refractivity contribution is -0.567. The van der Waals surface area contributed by atoms with Gasteiger partial charge in [-0.05, 0) is 17.7 Å². The minimum absolute atomic E-state index is 0.763. The van der Waals surface area contributed by atoms with Crippen molar-refractivity contribution in [1.82, 2.24) is 0 Å². The smallest absolute Gasteiger partial charge is 0.174 e. The van der Waals surface area contributed by atoms with Gasteiger partial charge in [-0.2, -0.15) is 4.57 Å². The van der Waals surface area contributed by atoms with Gasteiger partial charge in [-0.1, -0.05) is 29.8 Å². The van der Waals surface area contributed by atoms with E-state index in [9.17, 15) is 0 Å². The van der Waals surface area contributed by atoms with E-state index in [4.69, 9.17) is 11.6 Å². The van der Waals surface area contributed by atoms with Gasteiger partial charge in [0.25, 0.3) is 0 Å². The van der Waals surface area contributed by atoms with Gasteiger partial charge in [-0.15, -0.1) is 0 Å². The van der Waals surface area contributed by atoms with Crippen LogP contribution < -0.4 is 4.57 Å². The fraction of sp³-hybridized carbons (Fsp3) is 0. The van der Waals surface area contributed by atoms with Gasteiger partial charge < -0.3 is 0 Å². The summed E-state index contributed by atoms with van der Waals surface area (Å²) >= 11 is 5.80. The first-order valence-electron chi connectivity index (χ1n) is 4.74. The first kappa shape index (κ1) is 9.94. The highest BCUT2D eigenvalue weighted by atomic mass is 35.5. The van der Waals surface area contributed by atoms with Crippen LogP contribution in [0.2, 0.25) is 5.02 Å². The Balaban J connectivity index is 2.15. The maximum Gasteiger partial charge on any atom is 0.175 e. The maximum absolute atomic E-state index is 5.80. The van der Waals surface area contributed by atoms with Gasteiger partial charge in [-0.25, -0.2) is 0 Å². The predicted octanol–water partition coefficient (Wildman–Crippen LogP) is 3.26. The second kappa shape index (κ2) is 4.76. The van der Waals surface area contributed by atoms with Crippen LogP contribution >= 0.6 is 11.6 Å². The summed E-state index contributed by atoms with van der Waals surface area (Å²) in [6, 6.07) is 13.7. The molecule has 2 rings (SSSR count). The molecule has 2 heteroatoms. The van der Waals surface area contributed by atoms with Crippen molar-refractivity contribution in [3.8, 4) is 0 Å². The molecule has 1 nitrogen and oxygen atoms in total. The van der Waals surface area contributed by atoms with Crippen LogP contribution in [0.1, 0.15) is 5.56 Å². The van der Waals surface area contributed by atoms with Crippen molar-refractivity contribution in [2.24, 2.45) is 0 Å². The number of nitrogens with zero attached hydrogens (tertiary/aromatic N) is 1. The minimum Gasteiger partial charge on any atom is -0.174 e. The van der Waals surface area contributed by atoms with Crippen LogP contribution in [0.25, 0.3) is 12.3 Å². The average Bonchev–Trinajstić information content (AvgIpc) is 2.30. The zero-order valence-electron chi connectivity index (χ0n) is 8.18. The quantitative estimate of drug-likeness (QED) is 0.679. The summed E-state index contributed by atoms with van der Waals surface area (Å²) in [4.78, 5) is 0. The molecule has 1 heterocycles. The summed E-state index contributed by atoms with van der Waals surface area (Å²) in [6.45, 7) is 0. The Labute approximate surface area is 94.3 Å². The minimum atomic E-state index is 0.763. The van der Waals surface area contributed by atoms with E-state index < -0.39 is 0 Å². The molecule has 0 aliphatic carbocycles. The topological polar surface area (TPSA) is 3.88 Å². The molecule has 0 atom stereocenters. The maximum atomic E-state index is 5.80. The lowest BCUT2D eigenvalue weighted by Crippen LogP contribution is -2.23. The van der Waals surface area contributed by atoms with E-state index in [1.54, 1.807) is 0 Å². The highest BCUT2D eigenvalue weighted by Gasteiger charge is 1.91. The Hall–Kier alpha value is -1.60. The Kier molecular flexibility index (Phi) is 3.15. The van der Waals surface area contributed by atoms with Crippen LogP contribution in [0.5, 0.6) is 0 Å². The highest BCUT2D eigenvalue weighted by Crippen LogP contribution is 2.10. The molecule has 0 amide bonds. The standard InChI is InChI=1S/C13H11ClN/c14-13-6-4-12(5-7-13)8-11-15-9-2-1-3-10-15/h1-11H/q+1/b11-8-. The van der Waals surface area contributed by atoms with Crippen LogP contribution in [-0.2, 0) is 0 Å². The van der Waals surface area contributed by atoms with Crippen LogP contribution in [0.15, 0.2) is 54.9 Å². The van der Waals surface area contributed by atoms with Crippen LogP contribution in [0.4, 0.5) is 0 Å². The molecule has 0 N–H and O–H groups in total. The monoisotopic (exact) mass is 216 g/mol. The molecule has 0 fully saturated rings. The molecule has 15 heavy (non-hydrogen) atoms. The van der Waals surface area contributed by atoms with E-state index in [1.807, 2.05) is 71.7 Å².